The van der Waals surface area contributed by atoms with Crippen molar-refractivity contribution in [3.05, 3.63) is 101 Å². The summed E-state index contributed by atoms with van der Waals surface area (Å²) in [6, 6.07) is 22.0. The molecule has 0 aliphatic carbocycles. The molecule has 0 radical (unpaired) electrons. The highest BCUT2D eigenvalue weighted by Gasteiger charge is 2.42. The lowest BCUT2D eigenvalue weighted by molar-refractivity contribution is 0.222. The van der Waals surface area contributed by atoms with Crippen LogP contribution in [0.25, 0.3) is 5.70 Å². The smallest absolute Gasteiger partial charge is 0.226 e. The van der Waals surface area contributed by atoms with E-state index in [1.807, 2.05) is 41.1 Å². The van der Waals surface area contributed by atoms with Crippen LogP contribution in [0, 0.1) is 6.92 Å². The van der Waals surface area contributed by atoms with Gasteiger partial charge in [-0.05, 0) is 42.8 Å². The number of rotatable bonds is 4. The molecule has 3 aromatic carbocycles. The molecule has 6 rings (SSSR count). The molecule has 7 heteroatoms. The third-order valence-corrected chi connectivity index (χ3v) is 6.43. The van der Waals surface area contributed by atoms with Crippen LogP contribution in [0.15, 0.2) is 78.6 Å². The molecule has 2 aliphatic rings. The van der Waals surface area contributed by atoms with Gasteiger partial charge in [0.15, 0.2) is 0 Å². The van der Waals surface area contributed by atoms with Crippen molar-refractivity contribution in [1.82, 2.24) is 14.8 Å². The minimum atomic E-state index is -0.337. The lowest BCUT2D eigenvalue weighted by Gasteiger charge is -2.39. The number of ether oxygens (including phenoxy) is 3. The predicted molar refractivity (Wildman–Crippen MR) is 129 cm³/mol. The third-order valence-electron chi connectivity index (χ3n) is 6.43. The Balaban J connectivity index is 1.65. The van der Waals surface area contributed by atoms with Crippen molar-refractivity contribution in [3.8, 4) is 17.2 Å². The summed E-state index contributed by atoms with van der Waals surface area (Å²) in [5, 5.41) is 8.12. The van der Waals surface area contributed by atoms with Crippen LogP contribution in [0.2, 0.25) is 0 Å². The zero-order chi connectivity index (χ0) is 23.2. The number of nitrogens with zero attached hydrogens (tertiary/aromatic N) is 3. The average Bonchev–Trinajstić information content (AvgIpc) is 3.35. The first kappa shape index (κ1) is 20.4. The molecule has 3 heterocycles. The average molecular weight is 453 g/mol. The van der Waals surface area contributed by atoms with Crippen molar-refractivity contribution in [2.24, 2.45) is 0 Å². The maximum absolute atomic E-state index is 6.67. The minimum absolute atomic E-state index is 0.321. The van der Waals surface area contributed by atoms with E-state index in [1.165, 1.54) is 5.56 Å². The molecule has 0 bridgehead atoms. The summed E-state index contributed by atoms with van der Waals surface area (Å²) in [6.07, 6.45) is 1.23. The highest BCUT2D eigenvalue weighted by Crippen LogP contribution is 2.52. The van der Waals surface area contributed by atoms with Crippen LogP contribution in [0.5, 0.6) is 17.2 Å². The number of para-hydroxylation sites is 1. The summed E-state index contributed by atoms with van der Waals surface area (Å²) in [7, 11) is 3.34. The fraction of sp³-hybridized carbons (Fsp3) is 0.185. The van der Waals surface area contributed by atoms with Gasteiger partial charge >= 0.3 is 0 Å². The Hall–Kier alpha value is -4.26. The normalized spacial score (nSPS) is 18.2. The molecule has 0 fully saturated rings. The SMILES string of the molecule is COc1ccc(OC)c([C@H]2C3=C(Nc4ncnn42)c2ccccc2O[C@H]3c2ccc(C)cc2)c1. The van der Waals surface area contributed by atoms with E-state index >= 15 is 0 Å². The summed E-state index contributed by atoms with van der Waals surface area (Å²) in [4.78, 5) is 4.50. The Bertz CT molecular complexity index is 1410. The molecule has 0 spiro atoms. The number of hydrogen-bond donors (Lipinski definition) is 1. The van der Waals surface area contributed by atoms with Gasteiger partial charge in [-0.1, -0.05) is 42.0 Å². The van der Waals surface area contributed by atoms with Crippen LogP contribution in [-0.4, -0.2) is 29.0 Å². The van der Waals surface area contributed by atoms with E-state index < -0.39 is 0 Å². The summed E-state index contributed by atoms with van der Waals surface area (Å²) >= 11 is 0. The molecule has 0 saturated carbocycles. The van der Waals surface area contributed by atoms with Gasteiger partial charge in [0.2, 0.25) is 5.95 Å². The fourth-order valence-corrected chi connectivity index (χ4v) is 4.79. The Morgan fingerprint density at radius 3 is 2.59 bits per heavy atom. The lowest BCUT2D eigenvalue weighted by Crippen LogP contribution is -2.32. The van der Waals surface area contributed by atoms with Crippen molar-refractivity contribution in [2.75, 3.05) is 19.5 Å². The molecule has 1 aromatic heterocycles. The highest BCUT2D eigenvalue weighted by molar-refractivity contribution is 5.85. The molecule has 2 atom stereocenters. The maximum atomic E-state index is 6.67. The maximum Gasteiger partial charge on any atom is 0.226 e. The first-order chi connectivity index (χ1) is 16.7. The lowest BCUT2D eigenvalue weighted by atomic mass is 9.84. The van der Waals surface area contributed by atoms with E-state index in [-0.39, 0.29) is 12.1 Å². The largest absolute Gasteiger partial charge is 0.497 e. The number of aryl methyl sites for hydroxylation is 1. The molecule has 34 heavy (non-hydrogen) atoms. The summed E-state index contributed by atoms with van der Waals surface area (Å²) in [5.74, 6) is 2.96. The van der Waals surface area contributed by atoms with Crippen LogP contribution in [0.4, 0.5) is 5.95 Å². The topological polar surface area (TPSA) is 70.4 Å². The molecular weight excluding hydrogens is 428 g/mol. The summed E-state index contributed by atoms with van der Waals surface area (Å²) in [6.45, 7) is 2.08. The molecule has 170 valence electrons. The Kier molecular flexibility index (Phi) is 4.76. The van der Waals surface area contributed by atoms with Gasteiger partial charge < -0.3 is 19.5 Å². The number of nitrogens with one attached hydrogen (secondary N) is 1. The number of aromatic nitrogens is 3. The number of fused-ring (bicyclic) bond motifs is 3. The Morgan fingerprint density at radius 1 is 0.971 bits per heavy atom. The van der Waals surface area contributed by atoms with E-state index in [0.717, 1.165) is 45.2 Å². The molecule has 4 aromatic rings. The quantitative estimate of drug-likeness (QED) is 0.461. The Labute approximate surface area is 197 Å². The molecule has 7 nitrogen and oxygen atoms in total. The van der Waals surface area contributed by atoms with Crippen LogP contribution >= 0.6 is 0 Å². The van der Waals surface area contributed by atoms with Crippen LogP contribution in [0.3, 0.4) is 0 Å². The molecule has 0 unspecified atom stereocenters. The second-order valence-corrected chi connectivity index (χ2v) is 8.40. The first-order valence-corrected chi connectivity index (χ1v) is 11.1. The molecule has 0 amide bonds. The van der Waals surface area contributed by atoms with Gasteiger partial charge in [-0.15, -0.1) is 0 Å². The predicted octanol–water partition coefficient (Wildman–Crippen LogP) is 5.16. The van der Waals surface area contributed by atoms with Crippen LogP contribution in [-0.2, 0) is 0 Å². The van der Waals surface area contributed by atoms with Gasteiger partial charge in [-0.25, -0.2) is 4.68 Å². The van der Waals surface area contributed by atoms with E-state index in [1.54, 1.807) is 20.5 Å². The number of hydrogen-bond acceptors (Lipinski definition) is 6. The number of methoxy groups -OCH3 is 2. The second-order valence-electron chi connectivity index (χ2n) is 8.40. The van der Waals surface area contributed by atoms with Crippen LogP contribution in [0.1, 0.15) is 34.4 Å². The number of benzene rings is 3. The monoisotopic (exact) mass is 452 g/mol. The summed E-state index contributed by atoms with van der Waals surface area (Å²) < 4.78 is 19.9. The van der Waals surface area contributed by atoms with Crippen molar-refractivity contribution in [2.45, 2.75) is 19.1 Å². The van der Waals surface area contributed by atoms with E-state index in [0.29, 0.717) is 5.95 Å². The van der Waals surface area contributed by atoms with E-state index in [4.69, 9.17) is 14.2 Å². The van der Waals surface area contributed by atoms with Gasteiger partial charge in [0.05, 0.1) is 19.9 Å². The molecule has 1 N–H and O–H groups in total. The van der Waals surface area contributed by atoms with Crippen molar-refractivity contribution < 1.29 is 14.2 Å². The summed E-state index contributed by atoms with van der Waals surface area (Å²) in [5.41, 5.74) is 6.17. The Morgan fingerprint density at radius 2 is 1.79 bits per heavy atom. The van der Waals surface area contributed by atoms with Gasteiger partial charge in [0.1, 0.15) is 35.7 Å². The van der Waals surface area contributed by atoms with Crippen LogP contribution < -0.4 is 19.5 Å². The van der Waals surface area contributed by atoms with Gasteiger partial charge in [-0.3, -0.25) is 0 Å². The first-order valence-electron chi connectivity index (χ1n) is 11.1. The van der Waals surface area contributed by atoms with E-state index in [9.17, 15) is 0 Å². The van der Waals surface area contributed by atoms with Gasteiger partial charge in [0.25, 0.3) is 0 Å². The zero-order valence-electron chi connectivity index (χ0n) is 19.1. The number of anilines is 1. The minimum Gasteiger partial charge on any atom is -0.497 e. The molecular formula is C27H24N4O3. The standard InChI is InChI=1S/C27H24N4O3/c1-16-8-10-17(11-9-16)26-23-24(19-6-4-5-7-22(19)34-26)30-27-28-15-29-31(27)25(23)20-14-18(32-2)12-13-21(20)33-3/h4-15,25-26H,1-3H3,(H,28,29,30)/t25-,26-/m0/s1. The zero-order valence-corrected chi connectivity index (χ0v) is 19.1. The van der Waals surface area contributed by atoms with Crippen molar-refractivity contribution in [3.63, 3.8) is 0 Å². The van der Waals surface area contributed by atoms with Gasteiger partial charge in [0, 0.05) is 16.7 Å². The molecule has 2 aliphatic heterocycles. The van der Waals surface area contributed by atoms with Crippen molar-refractivity contribution >= 4 is 11.6 Å². The third kappa shape index (κ3) is 3.12. The highest BCUT2D eigenvalue weighted by atomic mass is 16.5. The molecule has 0 saturated heterocycles. The van der Waals surface area contributed by atoms with Gasteiger partial charge in [-0.2, -0.15) is 10.1 Å². The van der Waals surface area contributed by atoms with E-state index in [2.05, 4.69) is 52.7 Å². The van der Waals surface area contributed by atoms with Crippen molar-refractivity contribution in [1.29, 1.82) is 0 Å². The fourth-order valence-electron chi connectivity index (χ4n) is 4.79. The second kappa shape index (κ2) is 7.95.